The average molecular weight is 440 g/mol. The molecule has 0 saturated carbocycles. The molecule has 30 heavy (non-hydrogen) atoms. The van der Waals surface area contributed by atoms with Crippen molar-refractivity contribution < 1.29 is 13.6 Å². The molecule has 0 unspecified atom stereocenters. The Morgan fingerprint density at radius 3 is 2.63 bits per heavy atom. The second-order valence-corrected chi connectivity index (χ2v) is 8.73. The first-order chi connectivity index (χ1) is 14.5. The van der Waals surface area contributed by atoms with Crippen molar-refractivity contribution in [3.8, 4) is 11.3 Å². The van der Waals surface area contributed by atoms with E-state index in [1.165, 1.54) is 12.1 Å². The number of rotatable bonds is 7. The molecule has 0 radical (unpaired) electrons. The summed E-state index contributed by atoms with van der Waals surface area (Å²) in [7, 11) is 0. The number of aromatic nitrogens is 2. The number of halogens is 1. The summed E-state index contributed by atoms with van der Waals surface area (Å²) >= 11 is 3.21. The van der Waals surface area contributed by atoms with Crippen molar-refractivity contribution in [2.75, 3.05) is 5.32 Å². The molecule has 8 heteroatoms. The molecule has 1 N–H and O–H groups in total. The molecule has 2 aromatic carbocycles. The summed E-state index contributed by atoms with van der Waals surface area (Å²) in [5, 5.41) is 4.90. The average Bonchev–Trinajstić information content (AvgIpc) is 3.37. The highest BCUT2D eigenvalue weighted by molar-refractivity contribution is 8.01. The van der Waals surface area contributed by atoms with Crippen molar-refractivity contribution in [2.24, 2.45) is 0 Å². The van der Waals surface area contributed by atoms with E-state index in [1.54, 1.807) is 41.4 Å². The molecule has 0 aliphatic heterocycles. The summed E-state index contributed by atoms with van der Waals surface area (Å²) in [5.74, 6) is 0.594. The molecule has 0 aliphatic rings. The van der Waals surface area contributed by atoms with Crippen LogP contribution in [0.4, 0.5) is 10.1 Å². The largest absolute Gasteiger partial charge is 0.441 e. The molecule has 2 aromatic heterocycles. The third kappa shape index (κ3) is 5.34. The Kier molecular flexibility index (Phi) is 6.25. The normalized spacial score (nSPS) is 10.9. The number of anilines is 1. The Morgan fingerprint density at radius 2 is 1.93 bits per heavy atom. The molecule has 5 nitrogen and oxygen atoms in total. The Bertz CT molecular complexity index is 1140. The van der Waals surface area contributed by atoms with Crippen LogP contribution in [0.25, 0.3) is 11.3 Å². The van der Waals surface area contributed by atoms with Crippen molar-refractivity contribution >= 4 is 34.7 Å². The number of nitrogens with one attached hydrogen (secondary N) is 1. The smallest absolute Gasteiger partial charge is 0.224 e. The molecule has 0 saturated heterocycles. The van der Waals surface area contributed by atoms with E-state index >= 15 is 0 Å². The van der Waals surface area contributed by atoms with E-state index < -0.39 is 0 Å². The van der Waals surface area contributed by atoms with Gasteiger partial charge in [-0.05, 0) is 55.5 Å². The maximum atomic E-state index is 13.0. The SMILES string of the molecule is Cc1csc(Sc2ccc(NC(=O)CCc3ncc(-c4ccc(F)cc4)o3)cc2)n1. The van der Waals surface area contributed by atoms with Crippen LogP contribution < -0.4 is 5.32 Å². The number of oxazole rings is 1. The van der Waals surface area contributed by atoms with Gasteiger partial charge in [0.1, 0.15) is 5.82 Å². The molecule has 4 aromatic rings. The molecule has 0 atom stereocenters. The summed E-state index contributed by atoms with van der Waals surface area (Å²) in [4.78, 5) is 21.9. The molecule has 2 heterocycles. The monoisotopic (exact) mass is 439 g/mol. The fraction of sp³-hybridized carbons (Fsp3) is 0.136. The molecular formula is C22H18FN3O2S2. The molecule has 4 rings (SSSR count). The van der Waals surface area contributed by atoms with E-state index in [9.17, 15) is 9.18 Å². The van der Waals surface area contributed by atoms with E-state index in [0.29, 0.717) is 18.1 Å². The lowest BCUT2D eigenvalue weighted by Gasteiger charge is -2.05. The summed E-state index contributed by atoms with van der Waals surface area (Å²) in [6, 6.07) is 13.7. The van der Waals surface area contributed by atoms with Crippen molar-refractivity contribution in [1.82, 2.24) is 9.97 Å². The van der Waals surface area contributed by atoms with Gasteiger partial charge in [-0.15, -0.1) is 11.3 Å². The lowest BCUT2D eigenvalue weighted by molar-refractivity contribution is -0.116. The van der Waals surface area contributed by atoms with Gasteiger partial charge in [0.25, 0.3) is 0 Å². The van der Waals surface area contributed by atoms with Crippen LogP contribution in [-0.4, -0.2) is 15.9 Å². The highest BCUT2D eigenvalue weighted by Crippen LogP contribution is 2.31. The molecule has 0 fully saturated rings. The first-order valence-corrected chi connectivity index (χ1v) is 11.0. The number of carbonyl (C=O) groups excluding carboxylic acids is 1. The van der Waals surface area contributed by atoms with Gasteiger partial charge < -0.3 is 9.73 Å². The van der Waals surface area contributed by atoms with Crippen LogP contribution >= 0.6 is 23.1 Å². The van der Waals surface area contributed by atoms with Crippen LogP contribution in [0.5, 0.6) is 0 Å². The second kappa shape index (κ2) is 9.23. The topological polar surface area (TPSA) is 68.0 Å². The van der Waals surface area contributed by atoms with Crippen LogP contribution in [0.1, 0.15) is 18.0 Å². The molecule has 0 spiro atoms. The maximum Gasteiger partial charge on any atom is 0.224 e. The minimum atomic E-state index is -0.305. The van der Waals surface area contributed by atoms with Gasteiger partial charge in [-0.25, -0.2) is 14.4 Å². The third-order valence-electron chi connectivity index (χ3n) is 4.19. The minimum Gasteiger partial charge on any atom is -0.441 e. The first kappa shape index (κ1) is 20.3. The Hall–Kier alpha value is -2.97. The van der Waals surface area contributed by atoms with E-state index in [4.69, 9.17) is 4.42 Å². The van der Waals surface area contributed by atoms with E-state index in [0.717, 1.165) is 26.2 Å². The summed E-state index contributed by atoms with van der Waals surface area (Å²) in [6.45, 7) is 1.97. The standard InChI is InChI=1S/C22H18FN3O2S2/c1-14-13-29-22(25-14)30-18-8-6-17(7-9-18)26-20(27)10-11-21-24-12-19(28-21)15-2-4-16(23)5-3-15/h2-9,12-13H,10-11H2,1H3,(H,26,27). The van der Waals surface area contributed by atoms with Crippen LogP contribution in [0, 0.1) is 12.7 Å². The van der Waals surface area contributed by atoms with Gasteiger partial charge in [0.05, 0.1) is 6.20 Å². The number of carbonyl (C=O) groups is 1. The van der Waals surface area contributed by atoms with Crippen LogP contribution in [0.3, 0.4) is 0 Å². The van der Waals surface area contributed by atoms with Crippen LogP contribution in [0.15, 0.2) is 73.8 Å². The third-order valence-corrected chi connectivity index (χ3v) is 6.25. The van der Waals surface area contributed by atoms with E-state index in [2.05, 4.69) is 15.3 Å². The highest BCUT2D eigenvalue weighted by atomic mass is 32.2. The first-order valence-electron chi connectivity index (χ1n) is 9.26. The molecular weight excluding hydrogens is 421 g/mol. The number of hydrogen-bond donors (Lipinski definition) is 1. The van der Waals surface area contributed by atoms with Gasteiger partial charge in [0, 0.05) is 40.1 Å². The van der Waals surface area contributed by atoms with Crippen LogP contribution in [0.2, 0.25) is 0 Å². The fourth-order valence-electron chi connectivity index (χ4n) is 2.70. The number of aryl methyl sites for hydroxylation is 2. The molecule has 0 aliphatic carbocycles. The van der Waals surface area contributed by atoms with Gasteiger partial charge >= 0.3 is 0 Å². The molecule has 1 amide bonds. The number of hydrogen-bond acceptors (Lipinski definition) is 6. The molecule has 152 valence electrons. The quantitative estimate of drug-likeness (QED) is 0.384. The predicted octanol–water partition coefficient (Wildman–Crippen LogP) is 5.97. The van der Waals surface area contributed by atoms with Crippen molar-refractivity contribution in [3.63, 3.8) is 0 Å². The lowest BCUT2D eigenvalue weighted by Crippen LogP contribution is -2.12. The zero-order chi connectivity index (χ0) is 20.9. The minimum absolute atomic E-state index is 0.118. The van der Waals surface area contributed by atoms with Gasteiger partial charge in [0.2, 0.25) is 5.91 Å². The predicted molar refractivity (Wildman–Crippen MR) is 116 cm³/mol. The van der Waals surface area contributed by atoms with Crippen LogP contribution in [-0.2, 0) is 11.2 Å². The highest BCUT2D eigenvalue weighted by Gasteiger charge is 2.10. The molecule has 0 bridgehead atoms. The number of thiazole rings is 1. The maximum absolute atomic E-state index is 13.0. The second-order valence-electron chi connectivity index (χ2n) is 6.55. The van der Waals surface area contributed by atoms with Crippen molar-refractivity contribution in [1.29, 1.82) is 0 Å². The van der Waals surface area contributed by atoms with Gasteiger partial charge in [-0.1, -0.05) is 11.8 Å². The van der Waals surface area contributed by atoms with E-state index in [-0.39, 0.29) is 18.1 Å². The Labute approximate surface area is 181 Å². The summed E-state index contributed by atoms with van der Waals surface area (Å²) in [5.41, 5.74) is 2.49. The Morgan fingerprint density at radius 1 is 1.17 bits per heavy atom. The number of nitrogens with zero attached hydrogens (tertiary/aromatic N) is 2. The zero-order valence-electron chi connectivity index (χ0n) is 16.1. The Balaban J connectivity index is 1.28. The number of amides is 1. The summed E-state index contributed by atoms with van der Waals surface area (Å²) in [6.07, 6.45) is 2.21. The van der Waals surface area contributed by atoms with Gasteiger partial charge in [-0.3, -0.25) is 4.79 Å². The van der Waals surface area contributed by atoms with Gasteiger partial charge in [0.15, 0.2) is 16.0 Å². The number of benzene rings is 2. The summed E-state index contributed by atoms with van der Waals surface area (Å²) < 4.78 is 19.7. The van der Waals surface area contributed by atoms with Crippen molar-refractivity contribution in [2.45, 2.75) is 29.0 Å². The van der Waals surface area contributed by atoms with Gasteiger partial charge in [-0.2, -0.15) is 0 Å². The lowest BCUT2D eigenvalue weighted by atomic mass is 10.2. The van der Waals surface area contributed by atoms with Crippen molar-refractivity contribution in [3.05, 3.63) is 77.5 Å². The fourth-order valence-corrected chi connectivity index (χ4v) is 4.51. The van der Waals surface area contributed by atoms with E-state index in [1.807, 2.05) is 36.6 Å². The zero-order valence-corrected chi connectivity index (χ0v) is 17.7.